The lowest BCUT2D eigenvalue weighted by Crippen LogP contribution is -2.20. The maximum atomic E-state index is 12.3. The van der Waals surface area contributed by atoms with Crippen molar-refractivity contribution < 1.29 is 13.2 Å². The van der Waals surface area contributed by atoms with E-state index in [2.05, 4.69) is 0 Å². The maximum absolute atomic E-state index is 12.3. The zero-order valence-electron chi connectivity index (χ0n) is 9.11. The zero-order chi connectivity index (χ0) is 12.3. The van der Waals surface area contributed by atoms with Crippen LogP contribution in [0, 0.1) is 0 Å². The molecule has 88 valence electrons. The third-order valence-electron chi connectivity index (χ3n) is 2.69. The molecule has 0 spiro atoms. The van der Waals surface area contributed by atoms with Gasteiger partial charge in [-0.05, 0) is 12.5 Å². The number of hydrogen-bond donors (Lipinski definition) is 0. The minimum absolute atomic E-state index is 0.111. The molecule has 1 aromatic carbocycles. The Hall–Kier alpha value is -1.68. The molecule has 1 atom stereocenters. The van der Waals surface area contributed by atoms with Gasteiger partial charge in [-0.15, -0.1) is 0 Å². The Morgan fingerprint density at radius 1 is 1.18 bits per heavy atom. The molecule has 0 aromatic heterocycles. The van der Waals surface area contributed by atoms with Crippen molar-refractivity contribution in [3.8, 4) is 0 Å². The molecule has 1 aliphatic carbocycles. The van der Waals surface area contributed by atoms with Crippen LogP contribution in [0.25, 0.3) is 0 Å². The fraction of sp³-hybridized carbons (Fsp3) is 0.154. The van der Waals surface area contributed by atoms with Gasteiger partial charge in [-0.3, -0.25) is 4.79 Å². The number of sulfone groups is 1. The van der Waals surface area contributed by atoms with E-state index in [0.717, 1.165) is 0 Å². The summed E-state index contributed by atoms with van der Waals surface area (Å²) in [7, 11) is -3.47. The summed E-state index contributed by atoms with van der Waals surface area (Å²) in [5.41, 5.74) is 0.218. The monoisotopic (exact) mass is 248 g/mol. The summed E-state index contributed by atoms with van der Waals surface area (Å²) in [6.45, 7) is 0. The van der Waals surface area contributed by atoms with Crippen LogP contribution in [-0.2, 0) is 9.84 Å². The fourth-order valence-corrected chi connectivity index (χ4v) is 3.49. The molecule has 1 aliphatic rings. The van der Waals surface area contributed by atoms with Crippen LogP contribution in [-0.4, -0.2) is 20.0 Å². The van der Waals surface area contributed by atoms with Gasteiger partial charge in [0.15, 0.2) is 16.1 Å². The van der Waals surface area contributed by atoms with Crippen molar-refractivity contribution in [2.45, 2.75) is 16.6 Å². The van der Waals surface area contributed by atoms with E-state index in [9.17, 15) is 13.2 Å². The summed E-state index contributed by atoms with van der Waals surface area (Å²) < 4.78 is 24.6. The molecule has 2 rings (SSSR count). The quantitative estimate of drug-likeness (QED) is 0.770. The highest BCUT2D eigenvalue weighted by atomic mass is 32.2. The lowest BCUT2D eigenvalue weighted by molar-refractivity contribution is 0.112. The summed E-state index contributed by atoms with van der Waals surface area (Å²) in [5, 5.41) is -0.575. The number of allylic oxidation sites excluding steroid dienone is 3. The molecule has 0 radical (unpaired) electrons. The Bertz CT molecular complexity index is 582. The highest BCUT2D eigenvalue weighted by Crippen LogP contribution is 2.23. The van der Waals surface area contributed by atoms with Crippen molar-refractivity contribution >= 4 is 16.1 Å². The van der Waals surface area contributed by atoms with E-state index in [4.69, 9.17) is 0 Å². The standard InChI is InChI=1S/C13H12O3S/c14-10-11-6-4-5-9-13(11)17(15,16)12-7-2-1-3-8-12/h1-7,9-10,12H,8H2. The third-order valence-corrected chi connectivity index (χ3v) is 4.82. The van der Waals surface area contributed by atoms with Crippen LogP contribution in [0.15, 0.2) is 53.5 Å². The van der Waals surface area contributed by atoms with Gasteiger partial charge in [0.05, 0.1) is 10.1 Å². The normalized spacial score (nSPS) is 19.2. The Morgan fingerprint density at radius 2 is 1.94 bits per heavy atom. The van der Waals surface area contributed by atoms with Crippen molar-refractivity contribution in [3.05, 3.63) is 54.1 Å². The first-order valence-corrected chi connectivity index (χ1v) is 6.82. The van der Waals surface area contributed by atoms with Crippen LogP contribution >= 0.6 is 0 Å². The van der Waals surface area contributed by atoms with Gasteiger partial charge in [0.1, 0.15) is 0 Å². The molecule has 17 heavy (non-hydrogen) atoms. The largest absolute Gasteiger partial charge is 0.298 e. The van der Waals surface area contributed by atoms with Crippen molar-refractivity contribution in [2.24, 2.45) is 0 Å². The van der Waals surface area contributed by atoms with Crippen molar-refractivity contribution in [1.82, 2.24) is 0 Å². The van der Waals surface area contributed by atoms with Gasteiger partial charge < -0.3 is 0 Å². The summed E-state index contributed by atoms with van der Waals surface area (Å²) in [6, 6.07) is 6.27. The number of hydrogen-bond acceptors (Lipinski definition) is 3. The van der Waals surface area contributed by atoms with E-state index in [0.29, 0.717) is 12.7 Å². The van der Waals surface area contributed by atoms with Crippen LogP contribution in [0.5, 0.6) is 0 Å². The Morgan fingerprint density at radius 3 is 2.59 bits per heavy atom. The van der Waals surface area contributed by atoms with Crippen LogP contribution in [0.4, 0.5) is 0 Å². The number of carbonyl (C=O) groups is 1. The summed E-state index contributed by atoms with van der Waals surface area (Å²) in [5.74, 6) is 0. The average Bonchev–Trinajstić information content (AvgIpc) is 2.39. The van der Waals surface area contributed by atoms with Crippen LogP contribution < -0.4 is 0 Å². The molecule has 0 amide bonds. The Kier molecular flexibility index (Phi) is 3.24. The summed E-state index contributed by atoms with van der Waals surface area (Å²) >= 11 is 0. The molecular weight excluding hydrogens is 236 g/mol. The molecule has 4 heteroatoms. The molecule has 0 fully saturated rings. The second-order valence-corrected chi connectivity index (χ2v) is 5.92. The van der Waals surface area contributed by atoms with Crippen LogP contribution in [0.2, 0.25) is 0 Å². The smallest absolute Gasteiger partial charge is 0.185 e. The topological polar surface area (TPSA) is 51.2 Å². The summed E-state index contributed by atoms with van der Waals surface area (Å²) in [6.07, 6.45) is 8.02. The molecule has 0 saturated carbocycles. The van der Waals surface area contributed by atoms with Gasteiger partial charge in [-0.25, -0.2) is 8.42 Å². The predicted molar refractivity (Wildman–Crippen MR) is 65.7 cm³/mol. The van der Waals surface area contributed by atoms with Gasteiger partial charge in [0, 0.05) is 5.56 Å². The van der Waals surface area contributed by atoms with Crippen LogP contribution in [0.3, 0.4) is 0 Å². The van der Waals surface area contributed by atoms with E-state index in [1.165, 1.54) is 12.1 Å². The SMILES string of the molecule is O=Cc1ccccc1S(=O)(=O)C1C=CC=CC1. The van der Waals surface area contributed by atoms with E-state index in [-0.39, 0.29) is 10.5 Å². The molecule has 3 nitrogen and oxygen atoms in total. The molecule has 0 bridgehead atoms. The van der Waals surface area contributed by atoms with Gasteiger partial charge in [0.25, 0.3) is 0 Å². The number of aldehydes is 1. The minimum atomic E-state index is -3.47. The number of carbonyl (C=O) groups excluding carboxylic acids is 1. The van der Waals surface area contributed by atoms with Gasteiger partial charge in [-0.2, -0.15) is 0 Å². The molecule has 0 saturated heterocycles. The Labute approximate surface area is 100 Å². The van der Waals surface area contributed by atoms with E-state index < -0.39 is 15.1 Å². The predicted octanol–water partition coefficient (Wildman–Crippen LogP) is 2.16. The first-order valence-electron chi connectivity index (χ1n) is 5.27. The summed E-state index contributed by atoms with van der Waals surface area (Å²) in [4.78, 5) is 11.0. The number of benzene rings is 1. The lowest BCUT2D eigenvalue weighted by Gasteiger charge is -2.15. The fourth-order valence-electron chi connectivity index (χ4n) is 1.79. The second kappa shape index (κ2) is 4.67. The van der Waals surface area contributed by atoms with Gasteiger partial charge >= 0.3 is 0 Å². The second-order valence-electron chi connectivity index (χ2n) is 3.79. The molecular formula is C13H12O3S. The number of rotatable bonds is 3. The molecule has 0 aliphatic heterocycles. The van der Waals surface area contributed by atoms with Gasteiger partial charge in [-0.1, -0.05) is 42.5 Å². The zero-order valence-corrected chi connectivity index (χ0v) is 9.93. The first-order chi connectivity index (χ1) is 8.16. The van der Waals surface area contributed by atoms with E-state index >= 15 is 0 Å². The lowest BCUT2D eigenvalue weighted by atomic mass is 10.2. The van der Waals surface area contributed by atoms with Crippen LogP contribution in [0.1, 0.15) is 16.8 Å². The highest BCUT2D eigenvalue weighted by Gasteiger charge is 2.27. The minimum Gasteiger partial charge on any atom is -0.298 e. The van der Waals surface area contributed by atoms with E-state index in [1.54, 1.807) is 24.3 Å². The molecule has 1 aromatic rings. The van der Waals surface area contributed by atoms with Crippen molar-refractivity contribution in [1.29, 1.82) is 0 Å². The molecule has 0 heterocycles. The average molecular weight is 248 g/mol. The van der Waals surface area contributed by atoms with Gasteiger partial charge in [0.2, 0.25) is 0 Å². The molecule has 0 N–H and O–H groups in total. The molecule has 1 unspecified atom stereocenters. The first kappa shape index (κ1) is 11.8. The third kappa shape index (κ3) is 2.22. The van der Waals surface area contributed by atoms with Crippen molar-refractivity contribution in [2.75, 3.05) is 0 Å². The highest BCUT2D eigenvalue weighted by molar-refractivity contribution is 7.92. The van der Waals surface area contributed by atoms with E-state index in [1.807, 2.05) is 12.2 Å². The maximum Gasteiger partial charge on any atom is 0.185 e. The Balaban J connectivity index is 2.48. The van der Waals surface area contributed by atoms with Crippen molar-refractivity contribution in [3.63, 3.8) is 0 Å².